The van der Waals surface area contributed by atoms with Crippen molar-refractivity contribution in [2.75, 3.05) is 11.9 Å². The molecule has 0 unspecified atom stereocenters. The third-order valence-electron chi connectivity index (χ3n) is 3.47. The van der Waals surface area contributed by atoms with Crippen molar-refractivity contribution >= 4 is 51.4 Å². The molecule has 9 heteroatoms. The molecule has 0 saturated heterocycles. The second-order valence-electron chi connectivity index (χ2n) is 5.53. The number of hydrogen-bond acceptors (Lipinski definition) is 7. The quantitative estimate of drug-likeness (QED) is 0.311. The van der Waals surface area contributed by atoms with E-state index in [-0.39, 0.29) is 11.8 Å². The van der Waals surface area contributed by atoms with Crippen LogP contribution < -0.4 is 10.6 Å². The van der Waals surface area contributed by atoms with Crippen molar-refractivity contribution in [3.05, 3.63) is 58.3 Å². The van der Waals surface area contributed by atoms with Gasteiger partial charge in [0.05, 0.1) is 4.88 Å². The average molecular weight is 419 g/mol. The van der Waals surface area contributed by atoms with Gasteiger partial charge in [-0.3, -0.25) is 9.59 Å². The molecule has 0 aliphatic rings. The predicted molar refractivity (Wildman–Crippen MR) is 110 cm³/mol. The molecule has 27 heavy (non-hydrogen) atoms. The molecule has 2 heterocycles. The lowest BCUT2D eigenvalue weighted by Gasteiger charge is -2.03. The van der Waals surface area contributed by atoms with Crippen LogP contribution in [-0.4, -0.2) is 28.6 Å². The summed E-state index contributed by atoms with van der Waals surface area (Å²) in [6.45, 7) is 0.457. The minimum absolute atomic E-state index is 0.102. The predicted octanol–water partition coefficient (Wildman–Crippen LogP) is 4.04. The summed E-state index contributed by atoms with van der Waals surface area (Å²) in [6, 6.07) is 13.7. The first-order valence-electron chi connectivity index (χ1n) is 8.32. The average Bonchev–Trinajstić information content (AvgIpc) is 3.36. The fraction of sp³-hybridized carbons (Fsp3) is 0.222. The summed E-state index contributed by atoms with van der Waals surface area (Å²) in [5.41, 5.74) is 1.22. The number of benzene rings is 1. The zero-order chi connectivity index (χ0) is 18.9. The van der Waals surface area contributed by atoms with Gasteiger partial charge in [-0.1, -0.05) is 59.5 Å². The zero-order valence-electron chi connectivity index (χ0n) is 14.4. The van der Waals surface area contributed by atoms with E-state index >= 15 is 0 Å². The Morgan fingerprint density at radius 2 is 1.93 bits per heavy atom. The van der Waals surface area contributed by atoms with Crippen molar-refractivity contribution in [1.29, 1.82) is 0 Å². The van der Waals surface area contributed by atoms with Gasteiger partial charge in [0.1, 0.15) is 0 Å². The molecule has 0 bridgehead atoms. The monoisotopic (exact) mass is 418 g/mol. The first-order chi connectivity index (χ1) is 13.2. The molecule has 2 N–H and O–H groups in total. The van der Waals surface area contributed by atoms with Crippen LogP contribution in [0.25, 0.3) is 0 Å². The van der Waals surface area contributed by atoms with E-state index in [0.29, 0.717) is 29.4 Å². The van der Waals surface area contributed by atoms with Crippen LogP contribution in [0.5, 0.6) is 0 Å². The molecule has 2 aromatic heterocycles. The maximum Gasteiger partial charge on any atom is 0.261 e. The number of thioether (sulfide) groups is 1. The summed E-state index contributed by atoms with van der Waals surface area (Å²) in [4.78, 5) is 24.4. The Labute approximate surface area is 169 Å². The summed E-state index contributed by atoms with van der Waals surface area (Å²) in [6.07, 6.45) is 0.883. The van der Waals surface area contributed by atoms with Crippen molar-refractivity contribution in [3.63, 3.8) is 0 Å². The van der Waals surface area contributed by atoms with E-state index in [1.165, 1.54) is 28.2 Å². The highest BCUT2D eigenvalue weighted by atomic mass is 32.2. The van der Waals surface area contributed by atoms with Crippen LogP contribution in [0.15, 0.2) is 52.2 Å². The van der Waals surface area contributed by atoms with E-state index < -0.39 is 0 Å². The molecule has 0 aliphatic carbocycles. The molecule has 3 aromatic rings. The number of nitrogens with one attached hydrogen (secondary N) is 2. The highest BCUT2D eigenvalue weighted by Crippen LogP contribution is 2.28. The molecule has 0 fully saturated rings. The number of carbonyl (C=O) groups is 2. The second-order valence-corrected chi connectivity index (χ2v) is 8.68. The van der Waals surface area contributed by atoms with E-state index in [1.807, 2.05) is 29.6 Å². The minimum atomic E-state index is -0.129. The highest BCUT2D eigenvalue weighted by Gasteiger charge is 2.10. The molecule has 2 amide bonds. The molecule has 0 atom stereocenters. The van der Waals surface area contributed by atoms with E-state index in [2.05, 4.69) is 33.0 Å². The van der Waals surface area contributed by atoms with Crippen LogP contribution in [0.3, 0.4) is 0 Å². The lowest BCUT2D eigenvalue weighted by atomic mass is 10.2. The topological polar surface area (TPSA) is 84.0 Å². The Hall–Kier alpha value is -2.23. The van der Waals surface area contributed by atoms with Crippen molar-refractivity contribution in [1.82, 2.24) is 15.5 Å². The van der Waals surface area contributed by atoms with Crippen LogP contribution in [0.1, 0.15) is 28.1 Å². The van der Waals surface area contributed by atoms with Gasteiger partial charge in [0.25, 0.3) is 5.91 Å². The number of aromatic nitrogens is 2. The summed E-state index contributed by atoms with van der Waals surface area (Å²) in [5.74, 6) is 0.582. The first kappa shape index (κ1) is 19.5. The van der Waals surface area contributed by atoms with Gasteiger partial charge in [-0.25, -0.2) is 0 Å². The van der Waals surface area contributed by atoms with Gasteiger partial charge in [-0.2, -0.15) is 0 Å². The Bertz CT molecular complexity index is 866. The normalized spacial score (nSPS) is 10.5. The van der Waals surface area contributed by atoms with E-state index in [9.17, 15) is 9.59 Å². The largest absolute Gasteiger partial charge is 0.351 e. The summed E-state index contributed by atoms with van der Waals surface area (Å²) < 4.78 is 0.817. The Balaban J connectivity index is 1.34. The van der Waals surface area contributed by atoms with Gasteiger partial charge in [-0.05, 0) is 23.4 Å². The molecule has 140 valence electrons. The zero-order valence-corrected chi connectivity index (χ0v) is 16.8. The summed E-state index contributed by atoms with van der Waals surface area (Å²) >= 11 is 4.35. The van der Waals surface area contributed by atoms with Crippen molar-refractivity contribution in [3.8, 4) is 0 Å². The van der Waals surface area contributed by atoms with Gasteiger partial charge in [0.2, 0.25) is 11.0 Å². The van der Waals surface area contributed by atoms with Gasteiger partial charge in [0, 0.05) is 18.7 Å². The maximum atomic E-state index is 12.0. The summed E-state index contributed by atoms with van der Waals surface area (Å²) in [5, 5.41) is 16.0. The standard InChI is InChI=1S/C18H18N4O2S3/c23-15(9-4-10-19-16(24)14-8-5-11-25-14)20-17-21-22-18(27-17)26-12-13-6-2-1-3-7-13/h1-3,5-8,11H,4,9-10,12H2,(H,19,24)(H,20,21,23). The number of anilines is 1. The molecule has 3 rings (SSSR count). The molecule has 0 spiro atoms. The van der Waals surface area contributed by atoms with Crippen LogP contribution in [-0.2, 0) is 10.5 Å². The molecular weight excluding hydrogens is 400 g/mol. The molecule has 1 aromatic carbocycles. The van der Waals surface area contributed by atoms with Gasteiger partial charge < -0.3 is 10.6 Å². The van der Waals surface area contributed by atoms with Crippen molar-refractivity contribution in [2.45, 2.75) is 22.9 Å². The van der Waals surface area contributed by atoms with Gasteiger partial charge in [-0.15, -0.1) is 21.5 Å². The second kappa shape index (κ2) is 10.2. The number of rotatable bonds is 9. The molecule has 0 radical (unpaired) electrons. The molecule has 0 aliphatic heterocycles. The number of amides is 2. The molecule has 6 nitrogen and oxygen atoms in total. The van der Waals surface area contributed by atoms with Crippen LogP contribution in [0.2, 0.25) is 0 Å². The van der Waals surface area contributed by atoms with E-state index in [0.717, 1.165) is 10.1 Å². The fourth-order valence-corrected chi connectivity index (χ4v) is 4.53. The number of nitrogens with zero attached hydrogens (tertiary/aromatic N) is 2. The third-order valence-corrected chi connectivity index (χ3v) is 6.38. The van der Waals surface area contributed by atoms with Crippen LogP contribution >= 0.6 is 34.4 Å². The summed E-state index contributed by atoms with van der Waals surface area (Å²) in [7, 11) is 0. The Kier molecular flexibility index (Phi) is 7.37. The first-order valence-corrected chi connectivity index (χ1v) is 11.0. The fourth-order valence-electron chi connectivity index (χ4n) is 2.17. The molecule has 0 saturated carbocycles. The number of thiophene rings is 1. The minimum Gasteiger partial charge on any atom is -0.351 e. The van der Waals surface area contributed by atoms with E-state index in [4.69, 9.17) is 0 Å². The smallest absolute Gasteiger partial charge is 0.261 e. The molecular formula is C18H18N4O2S3. The van der Waals surface area contributed by atoms with Crippen molar-refractivity contribution in [2.24, 2.45) is 0 Å². The van der Waals surface area contributed by atoms with Crippen LogP contribution in [0, 0.1) is 0 Å². The number of hydrogen-bond donors (Lipinski definition) is 2. The third kappa shape index (κ3) is 6.46. The SMILES string of the molecule is O=C(CCCNC(=O)c1cccs1)Nc1nnc(SCc2ccccc2)s1. The van der Waals surface area contributed by atoms with Gasteiger partial charge in [0.15, 0.2) is 4.34 Å². The highest BCUT2D eigenvalue weighted by molar-refractivity contribution is 8.00. The van der Waals surface area contributed by atoms with Gasteiger partial charge >= 0.3 is 0 Å². The van der Waals surface area contributed by atoms with E-state index in [1.54, 1.807) is 17.8 Å². The Morgan fingerprint density at radius 1 is 1.07 bits per heavy atom. The maximum absolute atomic E-state index is 12.0. The van der Waals surface area contributed by atoms with Crippen LogP contribution in [0.4, 0.5) is 5.13 Å². The lowest BCUT2D eigenvalue weighted by Crippen LogP contribution is -2.24. The Morgan fingerprint density at radius 3 is 2.70 bits per heavy atom. The lowest BCUT2D eigenvalue weighted by molar-refractivity contribution is -0.116. The van der Waals surface area contributed by atoms with Crippen molar-refractivity contribution < 1.29 is 9.59 Å². The number of carbonyl (C=O) groups excluding carboxylic acids is 2.